The normalized spacial score (nSPS) is 26.4. The Bertz CT molecular complexity index is 1210. The van der Waals surface area contributed by atoms with E-state index < -0.39 is 55.3 Å². The number of nitrogens with two attached hydrogens (primary N) is 1. The van der Waals surface area contributed by atoms with E-state index in [2.05, 4.69) is 15.0 Å². The van der Waals surface area contributed by atoms with E-state index in [1.807, 2.05) is 0 Å². The van der Waals surface area contributed by atoms with Gasteiger partial charge in [0.05, 0.1) is 12.9 Å². The topological polar surface area (TPSA) is 168 Å². The number of rotatable bonds is 8. The minimum atomic E-state index is -4.04. The molecule has 0 radical (unpaired) electrons. The molecule has 2 N–H and O–H groups in total. The molecule has 0 spiro atoms. The molecule has 206 valence electrons. The van der Waals surface area contributed by atoms with Crippen LogP contribution in [0.4, 0.5) is 5.82 Å². The fourth-order valence-corrected chi connectivity index (χ4v) is 5.49. The van der Waals surface area contributed by atoms with Gasteiger partial charge >= 0.3 is 13.6 Å². The lowest BCUT2D eigenvalue weighted by Gasteiger charge is -2.29. The Morgan fingerprint density at radius 2 is 1.89 bits per heavy atom. The first kappa shape index (κ1) is 28.1. The second-order valence-corrected chi connectivity index (χ2v) is 12.6. The van der Waals surface area contributed by atoms with E-state index in [4.69, 9.17) is 50.1 Å². The van der Waals surface area contributed by atoms with Crippen LogP contribution in [-0.2, 0) is 42.1 Å². The molecular weight excluding hydrogens is 533 g/mol. The van der Waals surface area contributed by atoms with Crippen molar-refractivity contribution in [1.29, 1.82) is 0 Å². The van der Waals surface area contributed by atoms with Crippen molar-refractivity contribution in [3.05, 3.63) is 11.6 Å². The molecule has 0 amide bonds. The Labute approximate surface area is 218 Å². The third-order valence-corrected chi connectivity index (χ3v) is 7.76. The minimum Gasteiger partial charge on any atom is -0.458 e. The van der Waals surface area contributed by atoms with Crippen LogP contribution in [0.3, 0.4) is 0 Å². The molecule has 2 aliphatic heterocycles. The molecule has 37 heavy (non-hydrogen) atoms. The molecule has 5 atom stereocenters. The van der Waals surface area contributed by atoms with Gasteiger partial charge in [-0.2, -0.15) is 9.97 Å². The molecule has 2 aromatic heterocycles. The van der Waals surface area contributed by atoms with E-state index in [1.165, 1.54) is 6.33 Å². The van der Waals surface area contributed by atoms with Crippen LogP contribution in [0.15, 0.2) is 6.33 Å². The smallest absolute Gasteiger partial charge is 0.370 e. The van der Waals surface area contributed by atoms with E-state index in [9.17, 15) is 9.36 Å². The predicted molar refractivity (Wildman–Crippen MR) is 130 cm³/mol. The summed E-state index contributed by atoms with van der Waals surface area (Å²) >= 11 is 6.02. The highest BCUT2D eigenvalue weighted by Gasteiger charge is 2.57. The Balaban J connectivity index is 1.62. The number of anilines is 1. The summed E-state index contributed by atoms with van der Waals surface area (Å²) in [6, 6.07) is 0. The van der Waals surface area contributed by atoms with Gasteiger partial charge in [0.25, 0.3) is 5.85 Å². The lowest BCUT2D eigenvalue weighted by molar-refractivity contribution is -0.204. The Kier molecular flexibility index (Phi) is 7.60. The average molecular weight is 564 g/mol. The lowest BCUT2D eigenvalue weighted by Crippen LogP contribution is -2.38. The fraction of sp³-hybridized carbons (Fsp3) is 0.714. The van der Waals surface area contributed by atoms with E-state index in [-0.39, 0.29) is 17.7 Å². The van der Waals surface area contributed by atoms with Crippen molar-refractivity contribution in [3.63, 3.8) is 0 Å². The van der Waals surface area contributed by atoms with Gasteiger partial charge in [-0.05, 0) is 46.2 Å². The summed E-state index contributed by atoms with van der Waals surface area (Å²) < 4.78 is 54.5. The number of hydrogen-bond donors (Lipinski definition) is 1. The van der Waals surface area contributed by atoms with Crippen LogP contribution < -0.4 is 5.73 Å². The van der Waals surface area contributed by atoms with E-state index in [1.54, 1.807) is 39.2 Å². The molecule has 2 saturated heterocycles. The van der Waals surface area contributed by atoms with Gasteiger partial charge in [-0.3, -0.25) is 9.13 Å². The molecule has 4 heterocycles. The molecular formula is C21H31ClN5O9P. The van der Waals surface area contributed by atoms with Crippen LogP contribution in [0.1, 0.15) is 40.8 Å². The molecule has 0 aliphatic carbocycles. The molecule has 2 fully saturated rings. The van der Waals surface area contributed by atoms with Gasteiger partial charge in [0.15, 0.2) is 23.5 Å². The molecule has 0 saturated carbocycles. The monoisotopic (exact) mass is 563 g/mol. The quantitative estimate of drug-likeness (QED) is 0.283. The van der Waals surface area contributed by atoms with Crippen molar-refractivity contribution in [3.8, 4) is 0 Å². The van der Waals surface area contributed by atoms with Crippen LogP contribution in [0.5, 0.6) is 0 Å². The van der Waals surface area contributed by atoms with Crippen molar-refractivity contribution in [1.82, 2.24) is 19.5 Å². The number of halogens is 1. The summed E-state index contributed by atoms with van der Waals surface area (Å²) in [5.74, 6) is -3.41. The average Bonchev–Trinajstić information content (AvgIpc) is 3.43. The summed E-state index contributed by atoms with van der Waals surface area (Å²) in [5.41, 5.74) is 5.75. The fourth-order valence-electron chi connectivity index (χ4n) is 4.21. The summed E-state index contributed by atoms with van der Waals surface area (Å²) in [6.07, 6.45) is -1.30. The number of aromatic nitrogens is 4. The number of ether oxygens (including phenoxy) is 5. The van der Waals surface area contributed by atoms with Crippen molar-refractivity contribution in [2.75, 3.05) is 26.6 Å². The number of nitrogens with zero attached hydrogens (tertiary/aromatic N) is 4. The summed E-state index contributed by atoms with van der Waals surface area (Å²) in [4.78, 5) is 25.3. The van der Waals surface area contributed by atoms with E-state index in [0.717, 1.165) is 14.2 Å². The highest BCUT2D eigenvalue weighted by molar-refractivity contribution is 7.55. The maximum Gasteiger partial charge on any atom is 0.370 e. The molecule has 16 heteroatoms. The Hall–Kier alpha value is -1.90. The number of imidazole rings is 1. The zero-order valence-electron chi connectivity index (χ0n) is 21.5. The maximum absolute atomic E-state index is 13.2. The van der Waals surface area contributed by atoms with Crippen molar-refractivity contribution >= 4 is 42.1 Å². The Morgan fingerprint density at radius 3 is 2.51 bits per heavy atom. The van der Waals surface area contributed by atoms with Crippen LogP contribution in [0, 0.1) is 0 Å². The van der Waals surface area contributed by atoms with Gasteiger partial charge < -0.3 is 38.5 Å². The zero-order valence-corrected chi connectivity index (χ0v) is 23.2. The highest BCUT2D eigenvalue weighted by atomic mass is 35.5. The lowest BCUT2D eigenvalue weighted by atomic mass is 10.1. The first-order valence-corrected chi connectivity index (χ1v) is 13.4. The number of nitrogen functional groups attached to an aromatic ring is 1. The molecule has 4 rings (SSSR count). The minimum absolute atomic E-state index is 0.0554. The first-order chi connectivity index (χ1) is 17.2. The first-order valence-electron chi connectivity index (χ1n) is 11.4. The van der Waals surface area contributed by atoms with Gasteiger partial charge in [-0.15, -0.1) is 0 Å². The van der Waals surface area contributed by atoms with Crippen molar-refractivity contribution in [2.45, 2.75) is 76.4 Å². The van der Waals surface area contributed by atoms with Crippen molar-refractivity contribution in [2.24, 2.45) is 0 Å². The molecule has 2 aliphatic rings. The second-order valence-electron chi connectivity index (χ2n) is 9.96. The van der Waals surface area contributed by atoms with Gasteiger partial charge in [-0.1, -0.05) is 0 Å². The number of carbonyl (C=O) groups excluding carboxylic acids is 1. The highest BCUT2D eigenvalue weighted by Crippen LogP contribution is 2.53. The van der Waals surface area contributed by atoms with Gasteiger partial charge in [0.2, 0.25) is 5.28 Å². The summed E-state index contributed by atoms with van der Waals surface area (Å²) in [5, 5.41) is -0.0554. The van der Waals surface area contributed by atoms with Gasteiger partial charge in [0.1, 0.15) is 29.4 Å². The third-order valence-electron chi connectivity index (χ3n) is 5.64. The number of fused-ring (bicyclic) bond motifs is 2. The zero-order chi connectivity index (χ0) is 27.3. The summed E-state index contributed by atoms with van der Waals surface area (Å²) in [6.45, 7) is 8.30. The molecule has 2 aromatic rings. The van der Waals surface area contributed by atoms with E-state index >= 15 is 0 Å². The standard InChI is InChI=1S/C21H31ClN5O9P/c1-20(2,3)36-17(28)18(37(29,30-6)31-7)32-8-10-12-13(35-21(4,5)34-12)16(33-10)27-9-24-11-14(23)25-19(22)26-15(11)27/h9-10,12-13,16,18H,8H2,1-7H3,(H2,23,25,26)/t10-,12-,13-,16-,18?/m1/s1. The van der Waals surface area contributed by atoms with Gasteiger partial charge in [-0.25, -0.2) is 9.78 Å². The molecule has 0 aromatic carbocycles. The van der Waals surface area contributed by atoms with Crippen molar-refractivity contribution < 1.29 is 42.1 Å². The van der Waals surface area contributed by atoms with Gasteiger partial charge in [0, 0.05) is 14.2 Å². The maximum atomic E-state index is 13.2. The largest absolute Gasteiger partial charge is 0.458 e. The SMILES string of the molecule is COP(=O)(OC)C(OC[C@H]1O[C@@H](n2cnc3c(N)nc(Cl)nc32)[C@@H]2OC(C)(C)O[C@@H]21)C(=O)OC(C)(C)C. The number of hydrogen-bond acceptors (Lipinski definition) is 13. The summed E-state index contributed by atoms with van der Waals surface area (Å²) in [7, 11) is -1.73. The van der Waals surface area contributed by atoms with Crippen LogP contribution in [0.2, 0.25) is 5.28 Å². The number of esters is 1. The van der Waals surface area contributed by atoms with E-state index in [0.29, 0.717) is 11.2 Å². The molecule has 0 bridgehead atoms. The Morgan fingerprint density at radius 1 is 1.24 bits per heavy atom. The molecule has 14 nitrogen and oxygen atoms in total. The molecule has 1 unspecified atom stereocenters. The van der Waals surface area contributed by atoms with Crippen LogP contribution in [0.25, 0.3) is 11.2 Å². The third kappa shape index (κ3) is 5.62. The predicted octanol–water partition coefficient (Wildman–Crippen LogP) is 2.65. The second kappa shape index (κ2) is 10.0. The van der Waals surface area contributed by atoms with Crippen LogP contribution in [-0.4, -0.2) is 81.9 Å². The van der Waals surface area contributed by atoms with Crippen LogP contribution >= 0.6 is 19.2 Å². The number of carbonyl (C=O) groups is 1.